The molecule has 148 valence electrons. The van der Waals surface area contributed by atoms with Gasteiger partial charge in [0.25, 0.3) is 0 Å². The Morgan fingerprint density at radius 3 is 2.72 bits per heavy atom. The summed E-state index contributed by atoms with van der Waals surface area (Å²) in [7, 11) is -3.62. The molecule has 0 aliphatic heterocycles. The van der Waals surface area contributed by atoms with E-state index in [9.17, 15) is 13.2 Å². The van der Waals surface area contributed by atoms with Gasteiger partial charge in [-0.15, -0.1) is 0 Å². The van der Waals surface area contributed by atoms with E-state index >= 15 is 0 Å². The van der Waals surface area contributed by atoms with Crippen LogP contribution >= 0.6 is 0 Å². The van der Waals surface area contributed by atoms with Crippen LogP contribution in [0.25, 0.3) is 11.3 Å². The molecule has 1 aromatic carbocycles. The van der Waals surface area contributed by atoms with Gasteiger partial charge in [0.1, 0.15) is 0 Å². The van der Waals surface area contributed by atoms with Crippen LogP contribution in [0.5, 0.6) is 0 Å². The van der Waals surface area contributed by atoms with Crippen molar-refractivity contribution in [1.29, 1.82) is 0 Å². The summed E-state index contributed by atoms with van der Waals surface area (Å²) in [4.78, 5) is 25.2. The van der Waals surface area contributed by atoms with Crippen LogP contribution in [0.4, 0.5) is 5.82 Å². The molecule has 3 N–H and O–H groups in total. The van der Waals surface area contributed by atoms with E-state index in [0.717, 1.165) is 12.8 Å². The number of pyridine rings is 1. The van der Waals surface area contributed by atoms with Crippen molar-refractivity contribution in [2.75, 3.05) is 12.3 Å². The lowest BCUT2D eigenvalue weighted by atomic mass is 10.1. The Morgan fingerprint density at radius 2 is 2.00 bits per heavy atom. The van der Waals surface area contributed by atoms with Crippen molar-refractivity contribution < 1.29 is 13.2 Å². The number of carbonyl (C=O) groups is 1. The van der Waals surface area contributed by atoms with Crippen molar-refractivity contribution in [1.82, 2.24) is 19.7 Å². The van der Waals surface area contributed by atoms with Gasteiger partial charge in [0.15, 0.2) is 11.5 Å². The smallest absolute Gasteiger partial charge is 0.240 e. The summed E-state index contributed by atoms with van der Waals surface area (Å²) < 4.78 is 27.7. The molecule has 0 spiro atoms. The maximum Gasteiger partial charge on any atom is 0.240 e. The van der Waals surface area contributed by atoms with E-state index in [0.29, 0.717) is 29.3 Å². The van der Waals surface area contributed by atoms with Crippen molar-refractivity contribution >= 4 is 21.6 Å². The number of nitrogen functional groups attached to an aromatic ring is 1. The van der Waals surface area contributed by atoms with Crippen molar-refractivity contribution in [3.63, 3.8) is 0 Å². The number of benzene rings is 1. The minimum atomic E-state index is -3.62. The first-order valence-electron chi connectivity index (χ1n) is 9.11. The molecule has 9 heteroatoms. The second-order valence-electron chi connectivity index (χ2n) is 6.88. The quantitative estimate of drug-likeness (QED) is 0.572. The average Bonchev–Trinajstić information content (AvgIpc) is 3.58. The summed E-state index contributed by atoms with van der Waals surface area (Å²) in [6.45, 7) is 0.442. The zero-order chi connectivity index (χ0) is 20.4. The maximum atomic E-state index is 12.7. The number of sulfonamides is 1. The maximum absolute atomic E-state index is 12.7. The van der Waals surface area contributed by atoms with Gasteiger partial charge in [0, 0.05) is 30.1 Å². The zero-order valence-corrected chi connectivity index (χ0v) is 16.3. The molecule has 1 aliphatic rings. The summed E-state index contributed by atoms with van der Waals surface area (Å²) in [6, 6.07) is 9.62. The van der Waals surface area contributed by atoms with Crippen molar-refractivity contribution in [2.24, 2.45) is 5.92 Å². The fourth-order valence-corrected chi connectivity index (χ4v) is 3.96. The molecule has 0 amide bonds. The molecule has 0 unspecified atom stereocenters. The predicted octanol–water partition coefficient (Wildman–Crippen LogP) is 2.04. The molecule has 8 nitrogen and oxygen atoms in total. The summed E-state index contributed by atoms with van der Waals surface area (Å²) >= 11 is 0. The van der Waals surface area contributed by atoms with Crippen LogP contribution in [-0.2, 0) is 10.0 Å². The SMILES string of the molecule is Nc1ncc(-c2cccc(S(=O)(=O)NCC3CC3)c2)nc1C(=O)c1cccnc1. The molecule has 0 radical (unpaired) electrons. The Kier molecular flexibility index (Phi) is 5.08. The molecule has 0 atom stereocenters. The van der Waals surface area contributed by atoms with Crippen LogP contribution < -0.4 is 10.5 Å². The molecule has 3 aromatic rings. The lowest BCUT2D eigenvalue weighted by Gasteiger charge is -2.09. The molecule has 0 bridgehead atoms. The van der Waals surface area contributed by atoms with E-state index in [4.69, 9.17) is 5.73 Å². The summed E-state index contributed by atoms with van der Waals surface area (Å²) in [6.07, 6.45) is 6.51. The number of ketones is 1. The second kappa shape index (κ2) is 7.69. The zero-order valence-electron chi connectivity index (χ0n) is 15.4. The van der Waals surface area contributed by atoms with Crippen molar-refractivity contribution in [3.05, 3.63) is 66.2 Å². The van der Waals surface area contributed by atoms with Gasteiger partial charge < -0.3 is 5.73 Å². The molecule has 4 rings (SSSR count). The third-order valence-corrected chi connectivity index (χ3v) is 6.06. The number of hydrogen-bond donors (Lipinski definition) is 2. The fraction of sp³-hybridized carbons (Fsp3) is 0.200. The second-order valence-corrected chi connectivity index (χ2v) is 8.65. The van der Waals surface area contributed by atoms with E-state index in [1.54, 1.807) is 30.5 Å². The Balaban J connectivity index is 1.66. The highest BCUT2D eigenvalue weighted by Gasteiger charge is 2.24. The first-order valence-corrected chi connectivity index (χ1v) is 10.6. The number of nitrogens with one attached hydrogen (secondary N) is 1. The topological polar surface area (TPSA) is 128 Å². The first-order chi connectivity index (χ1) is 13.9. The Bertz CT molecular complexity index is 1160. The standard InChI is InChI=1S/C20H19N5O3S/c21-20-18(19(26)15-4-2-8-22-11-15)25-17(12-23-20)14-3-1-5-16(9-14)29(27,28)24-10-13-6-7-13/h1-5,8-9,11-13,24H,6-7,10H2,(H2,21,23). The number of anilines is 1. The van der Waals surface area contributed by atoms with E-state index < -0.39 is 15.8 Å². The van der Waals surface area contributed by atoms with Crippen molar-refractivity contribution in [3.8, 4) is 11.3 Å². The van der Waals surface area contributed by atoms with Gasteiger partial charge in [-0.2, -0.15) is 0 Å². The van der Waals surface area contributed by atoms with E-state index in [1.165, 1.54) is 24.5 Å². The largest absolute Gasteiger partial charge is 0.382 e. The highest BCUT2D eigenvalue weighted by atomic mass is 32.2. The third kappa shape index (κ3) is 4.30. The van der Waals surface area contributed by atoms with E-state index in [2.05, 4.69) is 19.7 Å². The molecule has 1 fully saturated rings. The third-order valence-electron chi connectivity index (χ3n) is 4.64. The monoisotopic (exact) mass is 409 g/mol. The summed E-state index contributed by atoms with van der Waals surface area (Å²) in [5.74, 6) is 0.0225. The van der Waals surface area contributed by atoms with Gasteiger partial charge in [-0.3, -0.25) is 9.78 Å². The van der Waals surface area contributed by atoms with Crippen LogP contribution in [0, 0.1) is 5.92 Å². The fourth-order valence-electron chi connectivity index (χ4n) is 2.79. The minimum absolute atomic E-state index is 0.00233. The van der Waals surface area contributed by atoms with Crippen LogP contribution in [0.2, 0.25) is 0 Å². The molecule has 1 saturated carbocycles. The van der Waals surface area contributed by atoms with Gasteiger partial charge >= 0.3 is 0 Å². The molecule has 2 heterocycles. The Hall–Kier alpha value is -3.17. The Morgan fingerprint density at radius 1 is 1.17 bits per heavy atom. The van der Waals surface area contributed by atoms with Gasteiger partial charge in [-0.05, 0) is 43.0 Å². The average molecular weight is 409 g/mol. The van der Waals surface area contributed by atoms with Gasteiger partial charge in [-0.1, -0.05) is 12.1 Å². The van der Waals surface area contributed by atoms with Crippen LogP contribution in [0.15, 0.2) is 59.9 Å². The molecule has 0 saturated heterocycles. The predicted molar refractivity (Wildman–Crippen MR) is 107 cm³/mol. The molecule has 2 aromatic heterocycles. The number of rotatable bonds is 7. The number of nitrogens with zero attached hydrogens (tertiary/aromatic N) is 3. The molecule has 29 heavy (non-hydrogen) atoms. The number of carbonyl (C=O) groups excluding carboxylic acids is 1. The Labute approximate surface area is 168 Å². The number of nitrogens with two attached hydrogens (primary N) is 1. The van der Waals surface area contributed by atoms with Crippen LogP contribution in [-0.4, -0.2) is 35.7 Å². The highest BCUT2D eigenvalue weighted by Crippen LogP contribution is 2.28. The first kappa shape index (κ1) is 19.2. The van der Waals surface area contributed by atoms with Gasteiger partial charge in [0.2, 0.25) is 15.8 Å². The summed E-state index contributed by atoms with van der Waals surface area (Å²) in [5.41, 5.74) is 7.07. The van der Waals surface area contributed by atoms with Gasteiger partial charge in [-0.25, -0.2) is 23.1 Å². The minimum Gasteiger partial charge on any atom is -0.382 e. The highest BCUT2D eigenvalue weighted by molar-refractivity contribution is 7.89. The molecule has 1 aliphatic carbocycles. The normalized spacial score (nSPS) is 13.9. The van der Waals surface area contributed by atoms with Crippen molar-refractivity contribution in [2.45, 2.75) is 17.7 Å². The lowest BCUT2D eigenvalue weighted by molar-refractivity contribution is 0.103. The van der Waals surface area contributed by atoms with Crippen LogP contribution in [0.1, 0.15) is 28.9 Å². The summed E-state index contributed by atoms with van der Waals surface area (Å²) in [5, 5.41) is 0. The van der Waals surface area contributed by atoms with E-state index in [-0.39, 0.29) is 16.4 Å². The number of aromatic nitrogens is 3. The van der Waals surface area contributed by atoms with E-state index in [1.807, 2.05) is 0 Å². The number of hydrogen-bond acceptors (Lipinski definition) is 7. The van der Waals surface area contributed by atoms with Gasteiger partial charge in [0.05, 0.1) is 16.8 Å². The van der Waals surface area contributed by atoms with Crippen LogP contribution in [0.3, 0.4) is 0 Å². The lowest BCUT2D eigenvalue weighted by Crippen LogP contribution is -2.25. The molecular formula is C20H19N5O3S. The molecular weight excluding hydrogens is 390 g/mol.